The molecule has 12 heteroatoms. The first-order valence-electron chi connectivity index (χ1n) is 14.2. The van der Waals surface area contributed by atoms with Gasteiger partial charge in [-0.1, -0.05) is 11.6 Å². The fraction of sp³-hybridized carbons (Fsp3) is 0.312. The smallest absolute Gasteiger partial charge is 0.433 e. The number of piperazine rings is 1. The van der Waals surface area contributed by atoms with E-state index in [1.807, 2.05) is 45.9 Å². The maximum absolute atomic E-state index is 14.5. The molecule has 0 saturated carbocycles. The lowest BCUT2D eigenvalue weighted by molar-refractivity contribution is -0.141. The molecule has 1 saturated heterocycles. The lowest BCUT2D eigenvalue weighted by Crippen LogP contribution is -2.47. The highest BCUT2D eigenvalue weighted by molar-refractivity contribution is 7.13. The molecule has 0 radical (unpaired) electrons. The Bertz CT molecular complexity index is 1770. The minimum absolute atomic E-state index is 0.189. The van der Waals surface area contributed by atoms with Crippen LogP contribution in [0.3, 0.4) is 0 Å². The van der Waals surface area contributed by atoms with Crippen molar-refractivity contribution in [2.75, 3.05) is 32.8 Å². The zero-order chi connectivity index (χ0) is 31.6. The SMILES string of the molecule is CCOc1ccc(C)cc1-n1c(C=C(C)C)c(C(=O)N2CCNCC2)cc(-c2nc(-c3ccc(C(F)(F)F)nc3)cs2)c1=O. The number of hydrogen-bond acceptors (Lipinski definition) is 7. The number of aryl methyl sites for hydroxylation is 1. The van der Waals surface area contributed by atoms with Crippen LogP contribution in [0.15, 0.2) is 58.3 Å². The number of pyridine rings is 2. The molecule has 8 nitrogen and oxygen atoms in total. The molecule has 1 aliphatic heterocycles. The number of nitrogens with zero attached hydrogens (tertiary/aromatic N) is 4. The Hall–Kier alpha value is -4.29. The quantitative estimate of drug-likeness (QED) is 0.263. The van der Waals surface area contributed by atoms with Crippen LogP contribution < -0.4 is 15.6 Å². The number of carbonyl (C=O) groups excluding carboxylic acids is 1. The minimum atomic E-state index is -4.56. The van der Waals surface area contributed by atoms with Gasteiger partial charge in [0.2, 0.25) is 0 Å². The third-order valence-corrected chi connectivity index (χ3v) is 7.91. The van der Waals surface area contributed by atoms with Crippen molar-refractivity contribution in [3.8, 4) is 33.3 Å². The largest absolute Gasteiger partial charge is 0.492 e. The van der Waals surface area contributed by atoms with E-state index in [1.54, 1.807) is 22.4 Å². The van der Waals surface area contributed by atoms with Gasteiger partial charge in [0.05, 0.1) is 34.8 Å². The lowest BCUT2D eigenvalue weighted by Gasteiger charge is -2.29. The van der Waals surface area contributed by atoms with Crippen LogP contribution in [-0.2, 0) is 6.18 Å². The van der Waals surface area contributed by atoms with Gasteiger partial charge in [-0.15, -0.1) is 11.3 Å². The summed E-state index contributed by atoms with van der Waals surface area (Å²) < 4.78 is 46.6. The van der Waals surface area contributed by atoms with Crippen molar-refractivity contribution in [2.45, 2.75) is 33.9 Å². The summed E-state index contributed by atoms with van der Waals surface area (Å²) in [7, 11) is 0. The van der Waals surface area contributed by atoms with Gasteiger partial charge in [0.15, 0.2) is 0 Å². The number of amides is 1. The third kappa shape index (κ3) is 6.46. The minimum Gasteiger partial charge on any atom is -0.492 e. The Kier molecular flexibility index (Phi) is 9.02. The van der Waals surface area contributed by atoms with E-state index < -0.39 is 17.4 Å². The standard InChI is InChI=1S/C32H32F3N5O3S/c1-5-43-27-8-6-20(4)15-26(27)40-25(14-19(2)3)22(30(41)39-12-10-36-11-13-39)16-23(31(40)42)29-38-24(18-44-29)21-7-9-28(37-17-21)32(33,34)35/h6-9,14-18,36H,5,10-13H2,1-4H3. The van der Waals surface area contributed by atoms with Crippen molar-refractivity contribution in [1.29, 1.82) is 0 Å². The lowest BCUT2D eigenvalue weighted by atomic mass is 10.0. The number of rotatable bonds is 7. The van der Waals surface area contributed by atoms with E-state index in [0.717, 1.165) is 34.7 Å². The monoisotopic (exact) mass is 623 g/mol. The summed E-state index contributed by atoms with van der Waals surface area (Å²) >= 11 is 1.16. The number of aromatic nitrogens is 3. The van der Waals surface area contributed by atoms with E-state index in [2.05, 4.69) is 15.3 Å². The van der Waals surface area contributed by atoms with Gasteiger partial charge in [-0.3, -0.25) is 19.1 Å². The van der Waals surface area contributed by atoms with Crippen molar-refractivity contribution >= 4 is 23.3 Å². The van der Waals surface area contributed by atoms with E-state index >= 15 is 0 Å². The van der Waals surface area contributed by atoms with Crippen LogP contribution in [0.25, 0.3) is 33.6 Å². The summed E-state index contributed by atoms with van der Waals surface area (Å²) in [5.74, 6) is 0.264. The Morgan fingerprint density at radius 2 is 1.89 bits per heavy atom. The maximum Gasteiger partial charge on any atom is 0.433 e. The average Bonchev–Trinajstić information content (AvgIpc) is 3.48. The van der Waals surface area contributed by atoms with E-state index in [4.69, 9.17) is 4.74 Å². The molecule has 5 rings (SSSR count). The molecule has 4 aromatic rings. The summed E-state index contributed by atoms with van der Waals surface area (Å²) in [5.41, 5.74) is 2.54. The molecule has 0 unspecified atom stereocenters. The van der Waals surface area contributed by atoms with Gasteiger partial charge in [-0.05, 0) is 69.7 Å². The highest BCUT2D eigenvalue weighted by Crippen LogP contribution is 2.33. The second-order valence-electron chi connectivity index (χ2n) is 10.6. The number of benzene rings is 1. The summed E-state index contributed by atoms with van der Waals surface area (Å²) in [5, 5.41) is 5.23. The van der Waals surface area contributed by atoms with Gasteiger partial charge in [-0.2, -0.15) is 13.2 Å². The highest BCUT2D eigenvalue weighted by atomic mass is 32.1. The highest BCUT2D eigenvalue weighted by Gasteiger charge is 2.32. The summed E-state index contributed by atoms with van der Waals surface area (Å²) in [6, 6.07) is 9.32. The number of ether oxygens (including phenoxy) is 1. The molecule has 230 valence electrons. The molecule has 3 aromatic heterocycles. The van der Waals surface area contributed by atoms with Crippen LogP contribution >= 0.6 is 11.3 Å². The number of nitrogens with one attached hydrogen (secondary N) is 1. The van der Waals surface area contributed by atoms with Crippen LogP contribution in [0.1, 0.15) is 48.1 Å². The molecule has 0 aliphatic carbocycles. The predicted octanol–water partition coefficient (Wildman–Crippen LogP) is 6.22. The Morgan fingerprint density at radius 3 is 2.52 bits per heavy atom. The molecule has 0 spiro atoms. The predicted molar refractivity (Wildman–Crippen MR) is 165 cm³/mol. The zero-order valence-corrected chi connectivity index (χ0v) is 25.6. The first kappa shape index (κ1) is 31.1. The first-order chi connectivity index (χ1) is 21.0. The van der Waals surface area contributed by atoms with E-state index in [9.17, 15) is 22.8 Å². The number of allylic oxidation sites excluding steroid dienone is 1. The fourth-order valence-corrected chi connectivity index (χ4v) is 5.81. The van der Waals surface area contributed by atoms with E-state index in [0.29, 0.717) is 71.7 Å². The molecule has 44 heavy (non-hydrogen) atoms. The van der Waals surface area contributed by atoms with E-state index in [-0.39, 0.29) is 11.5 Å². The van der Waals surface area contributed by atoms with Gasteiger partial charge in [0.1, 0.15) is 16.5 Å². The Balaban J connectivity index is 1.75. The summed E-state index contributed by atoms with van der Waals surface area (Å²) in [6.07, 6.45) is -1.63. The molecule has 1 aromatic carbocycles. The molecule has 1 N–H and O–H groups in total. The number of alkyl halides is 3. The summed E-state index contributed by atoms with van der Waals surface area (Å²) in [6.45, 7) is 10.3. The summed E-state index contributed by atoms with van der Waals surface area (Å²) in [4.78, 5) is 38.5. The van der Waals surface area contributed by atoms with Gasteiger partial charge in [0.25, 0.3) is 11.5 Å². The molecular weight excluding hydrogens is 591 g/mol. The van der Waals surface area contributed by atoms with E-state index in [1.165, 1.54) is 10.6 Å². The van der Waals surface area contributed by atoms with Crippen LogP contribution in [0, 0.1) is 6.92 Å². The Morgan fingerprint density at radius 1 is 1.14 bits per heavy atom. The molecular formula is C32H32F3N5O3S. The van der Waals surface area contributed by atoms with Crippen molar-refractivity contribution in [1.82, 2.24) is 24.8 Å². The van der Waals surface area contributed by atoms with Crippen molar-refractivity contribution < 1.29 is 22.7 Å². The van der Waals surface area contributed by atoms with Crippen LogP contribution in [0.2, 0.25) is 0 Å². The van der Waals surface area contributed by atoms with Gasteiger partial charge < -0.3 is 15.0 Å². The number of halogens is 3. The molecule has 1 amide bonds. The topological polar surface area (TPSA) is 89.3 Å². The molecule has 0 atom stereocenters. The fourth-order valence-electron chi connectivity index (χ4n) is 4.97. The number of thiazole rings is 1. The van der Waals surface area contributed by atoms with Gasteiger partial charge >= 0.3 is 6.18 Å². The molecule has 4 heterocycles. The molecule has 1 fully saturated rings. The van der Waals surface area contributed by atoms with Crippen LogP contribution in [0.5, 0.6) is 5.75 Å². The molecule has 0 bridgehead atoms. The maximum atomic E-state index is 14.5. The number of hydrogen-bond donors (Lipinski definition) is 1. The first-order valence-corrected chi connectivity index (χ1v) is 15.0. The van der Waals surface area contributed by atoms with Crippen molar-refractivity contribution in [3.63, 3.8) is 0 Å². The van der Waals surface area contributed by atoms with Gasteiger partial charge in [0, 0.05) is 43.3 Å². The number of carbonyl (C=O) groups is 1. The Labute approximate surface area is 256 Å². The van der Waals surface area contributed by atoms with Crippen molar-refractivity contribution in [2.24, 2.45) is 0 Å². The van der Waals surface area contributed by atoms with Crippen LogP contribution in [0.4, 0.5) is 13.2 Å². The van der Waals surface area contributed by atoms with Crippen LogP contribution in [-0.4, -0.2) is 58.1 Å². The second kappa shape index (κ2) is 12.7. The van der Waals surface area contributed by atoms with Gasteiger partial charge in [-0.25, -0.2) is 4.98 Å². The zero-order valence-electron chi connectivity index (χ0n) is 24.8. The third-order valence-electron chi connectivity index (χ3n) is 7.04. The normalized spacial score (nSPS) is 13.6. The average molecular weight is 624 g/mol. The second-order valence-corrected chi connectivity index (χ2v) is 11.5. The molecule has 1 aliphatic rings. The van der Waals surface area contributed by atoms with Crippen molar-refractivity contribution in [3.05, 3.63) is 86.4 Å².